The zero-order valence-electron chi connectivity index (χ0n) is 13.7. The molecule has 0 aromatic carbocycles. The molecule has 0 radical (unpaired) electrons. The molecule has 0 spiro atoms. The van der Waals surface area contributed by atoms with Crippen molar-refractivity contribution in [2.75, 3.05) is 23.3 Å². The Morgan fingerprint density at radius 1 is 1.28 bits per heavy atom. The van der Waals surface area contributed by atoms with Crippen LogP contribution in [0.2, 0.25) is 0 Å². The molecule has 1 fully saturated rings. The summed E-state index contributed by atoms with van der Waals surface area (Å²) in [6.45, 7) is 1.77. The second kappa shape index (κ2) is 6.88. The third-order valence-electron chi connectivity index (χ3n) is 4.28. The molecule has 1 atom stereocenters. The van der Waals surface area contributed by atoms with E-state index in [9.17, 15) is 4.39 Å². The summed E-state index contributed by atoms with van der Waals surface area (Å²) in [5.41, 5.74) is 3.73. The standard InChI is InChI=1S/C18H19FN6/c19-14-5-7-25(12-14)18-4-3-13(9-22-18)17-8-16(23-24-17)11-21-15-2-1-6-20-10-15/h1-4,6,8-10,14,21H,5,7,11-12H2,(H,23,24)/t14-/m0/s1. The van der Waals surface area contributed by atoms with Gasteiger partial charge in [-0.05, 0) is 36.8 Å². The fraction of sp³-hybridized carbons (Fsp3) is 0.278. The van der Waals surface area contributed by atoms with Gasteiger partial charge in [0.25, 0.3) is 0 Å². The molecule has 0 aliphatic carbocycles. The van der Waals surface area contributed by atoms with Crippen molar-refractivity contribution in [1.29, 1.82) is 0 Å². The van der Waals surface area contributed by atoms with Gasteiger partial charge in [0.15, 0.2) is 0 Å². The van der Waals surface area contributed by atoms with Crippen LogP contribution in [-0.4, -0.2) is 39.4 Å². The van der Waals surface area contributed by atoms with Crippen LogP contribution in [0.5, 0.6) is 0 Å². The van der Waals surface area contributed by atoms with Crippen LogP contribution in [0.25, 0.3) is 11.3 Å². The summed E-state index contributed by atoms with van der Waals surface area (Å²) in [7, 11) is 0. The smallest absolute Gasteiger partial charge is 0.128 e. The molecule has 1 saturated heterocycles. The van der Waals surface area contributed by atoms with Gasteiger partial charge in [-0.15, -0.1) is 0 Å². The van der Waals surface area contributed by atoms with Gasteiger partial charge in [0, 0.05) is 30.7 Å². The van der Waals surface area contributed by atoms with E-state index in [4.69, 9.17) is 0 Å². The largest absolute Gasteiger partial charge is 0.378 e. The maximum Gasteiger partial charge on any atom is 0.128 e. The number of nitrogens with one attached hydrogen (secondary N) is 2. The zero-order valence-corrected chi connectivity index (χ0v) is 13.7. The molecule has 3 aromatic heterocycles. The molecule has 0 saturated carbocycles. The van der Waals surface area contributed by atoms with Gasteiger partial charge in [0.05, 0.1) is 30.2 Å². The molecule has 1 aliphatic heterocycles. The number of aromatic nitrogens is 4. The predicted molar refractivity (Wildman–Crippen MR) is 95.1 cm³/mol. The third-order valence-corrected chi connectivity index (χ3v) is 4.28. The Kier molecular flexibility index (Phi) is 4.28. The van der Waals surface area contributed by atoms with Gasteiger partial charge in [-0.25, -0.2) is 9.37 Å². The van der Waals surface area contributed by atoms with E-state index in [1.807, 2.05) is 35.2 Å². The average Bonchev–Trinajstić information content (AvgIpc) is 3.30. The van der Waals surface area contributed by atoms with Gasteiger partial charge < -0.3 is 10.2 Å². The number of nitrogens with zero attached hydrogens (tertiary/aromatic N) is 4. The first-order chi connectivity index (χ1) is 12.3. The number of hydrogen-bond acceptors (Lipinski definition) is 5. The van der Waals surface area contributed by atoms with Gasteiger partial charge in [0.1, 0.15) is 12.0 Å². The molecule has 4 rings (SSSR count). The quantitative estimate of drug-likeness (QED) is 0.748. The highest BCUT2D eigenvalue weighted by Crippen LogP contribution is 2.23. The monoisotopic (exact) mass is 338 g/mol. The molecule has 7 heteroatoms. The number of pyridine rings is 2. The minimum Gasteiger partial charge on any atom is -0.378 e. The van der Waals surface area contributed by atoms with Crippen LogP contribution >= 0.6 is 0 Å². The lowest BCUT2D eigenvalue weighted by Crippen LogP contribution is -2.20. The molecule has 2 N–H and O–H groups in total. The van der Waals surface area contributed by atoms with E-state index >= 15 is 0 Å². The number of hydrogen-bond donors (Lipinski definition) is 2. The van der Waals surface area contributed by atoms with Crippen molar-refractivity contribution >= 4 is 11.5 Å². The van der Waals surface area contributed by atoms with E-state index in [1.54, 1.807) is 18.6 Å². The van der Waals surface area contributed by atoms with E-state index < -0.39 is 6.17 Å². The predicted octanol–water partition coefficient (Wildman–Crippen LogP) is 3.03. The summed E-state index contributed by atoms with van der Waals surface area (Å²) in [6.07, 6.45) is 5.15. The van der Waals surface area contributed by atoms with Crippen LogP contribution in [0.3, 0.4) is 0 Å². The first-order valence-electron chi connectivity index (χ1n) is 8.31. The van der Waals surface area contributed by atoms with Crippen molar-refractivity contribution in [2.45, 2.75) is 19.1 Å². The number of anilines is 2. The zero-order chi connectivity index (χ0) is 17.1. The SMILES string of the molecule is F[C@H]1CCN(c2ccc(-c3cc(CNc4cccnc4)n[nH]3)cn2)C1. The van der Waals surface area contributed by atoms with E-state index in [0.717, 1.165) is 35.0 Å². The fourth-order valence-corrected chi connectivity index (χ4v) is 2.92. The Hall–Kier alpha value is -2.96. The maximum atomic E-state index is 13.3. The Morgan fingerprint density at radius 2 is 2.24 bits per heavy atom. The average molecular weight is 338 g/mol. The fourth-order valence-electron chi connectivity index (χ4n) is 2.92. The van der Waals surface area contributed by atoms with Crippen LogP contribution in [0.1, 0.15) is 12.1 Å². The molecule has 128 valence electrons. The van der Waals surface area contributed by atoms with Crippen molar-refractivity contribution < 1.29 is 4.39 Å². The third kappa shape index (κ3) is 3.60. The molecule has 0 unspecified atom stereocenters. The van der Waals surface area contributed by atoms with Crippen LogP contribution < -0.4 is 10.2 Å². The molecule has 25 heavy (non-hydrogen) atoms. The van der Waals surface area contributed by atoms with Crippen molar-refractivity contribution in [3.8, 4) is 11.3 Å². The normalized spacial score (nSPS) is 17.0. The minimum absolute atomic E-state index is 0.431. The van der Waals surface area contributed by atoms with Crippen LogP contribution in [0, 0.1) is 0 Å². The Labute approximate surface area is 145 Å². The minimum atomic E-state index is -0.746. The lowest BCUT2D eigenvalue weighted by atomic mass is 10.2. The maximum absolute atomic E-state index is 13.3. The Balaban J connectivity index is 1.41. The van der Waals surface area contributed by atoms with E-state index in [1.165, 1.54) is 0 Å². The summed E-state index contributed by atoms with van der Waals surface area (Å²) in [4.78, 5) is 10.5. The van der Waals surface area contributed by atoms with Gasteiger partial charge in [0.2, 0.25) is 0 Å². The Bertz CT molecular complexity index is 817. The summed E-state index contributed by atoms with van der Waals surface area (Å²) < 4.78 is 13.3. The first-order valence-corrected chi connectivity index (χ1v) is 8.31. The highest BCUT2D eigenvalue weighted by molar-refractivity contribution is 5.60. The van der Waals surface area contributed by atoms with E-state index in [0.29, 0.717) is 19.5 Å². The number of rotatable bonds is 5. The first kappa shape index (κ1) is 15.6. The number of aromatic amines is 1. The lowest BCUT2D eigenvalue weighted by Gasteiger charge is -2.16. The number of halogens is 1. The second-order valence-electron chi connectivity index (χ2n) is 6.11. The van der Waals surface area contributed by atoms with Gasteiger partial charge >= 0.3 is 0 Å². The number of H-pyrrole nitrogens is 1. The van der Waals surface area contributed by atoms with Gasteiger partial charge in [-0.3, -0.25) is 10.1 Å². The highest BCUT2D eigenvalue weighted by Gasteiger charge is 2.22. The molecule has 4 heterocycles. The summed E-state index contributed by atoms with van der Waals surface area (Å²) >= 11 is 0. The number of alkyl halides is 1. The van der Waals surface area contributed by atoms with Crippen molar-refractivity contribution in [2.24, 2.45) is 0 Å². The molecule has 3 aromatic rings. The second-order valence-corrected chi connectivity index (χ2v) is 6.11. The molecular weight excluding hydrogens is 319 g/mol. The highest BCUT2D eigenvalue weighted by atomic mass is 19.1. The summed E-state index contributed by atoms with van der Waals surface area (Å²) in [5, 5.41) is 10.6. The van der Waals surface area contributed by atoms with Crippen molar-refractivity contribution in [1.82, 2.24) is 20.2 Å². The summed E-state index contributed by atoms with van der Waals surface area (Å²) in [5.74, 6) is 0.821. The van der Waals surface area contributed by atoms with E-state index in [2.05, 4.69) is 25.5 Å². The molecule has 1 aliphatic rings. The Morgan fingerprint density at radius 3 is 2.96 bits per heavy atom. The van der Waals surface area contributed by atoms with Crippen LogP contribution in [-0.2, 0) is 6.54 Å². The molecule has 6 nitrogen and oxygen atoms in total. The molecule has 0 bridgehead atoms. The topological polar surface area (TPSA) is 69.7 Å². The molecular formula is C18H19FN6. The van der Waals surface area contributed by atoms with Crippen molar-refractivity contribution in [3.63, 3.8) is 0 Å². The lowest BCUT2D eigenvalue weighted by molar-refractivity contribution is 0.364. The molecule has 0 amide bonds. The van der Waals surface area contributed by atoms with Crippen molar-refractivity contribution in [3.05, 3.63) is 54.6 Å². The van der Waals surface area contributed by atoms with Gasteiger partial charge in [-0.1, -0.05) is 0 Å². The van der Waals surface area contributed by atoms with Crippen LogP contribution in [0.15, 0.2) is 48.9 Å². The van der Waals surface area contributed by atoms with Gasteiger partial charge in [-0.2, -0.15) is 5.10 Å². The van der Waals surface area contributed by atoms with Crippen LogP contribution in [0.4, 0.5) is 15.9 Å². The van der Waals surface area contributed by atoms with E-state index in [-0.39, 0.29) is 0 Å². The summed E-state index contributed by atoms with van der Waals surface area (Å²) in [6, 6.07) is 9.76.